The number of carbonyl (C=O) groups is 1. The van der Waals surface area contributed by atoms with Gasteiger partial charge in [-0.1, -0.05) is 39.5 Å². The Morgan fingerprint density at radius 2 is 1.67 bits per heavy atom. The van der Waals surface area contributed by atoms with E-state index in [1.807, 2.05) is 0 Å². The molecule has 0 atom stereocenters. The minimum atomic E-state index is -0.160. The average molecular weight is 166 g/mol. The zero-order chi connectivity index (χ0) is 9.40. The minimum Gasteiger partial charge on any atom is -0.313 e. The molecule has 0 N–H and O–H groups in total. The Hall–Kier alpha value is -0.265. The molecule has 0 amide bonds. The van der Waals surface area contributed by atoms with E-state index in [4.69, 9.17) is 7.85 Å². The van der Waals surface area contributed by atoms with Gasteiger partial charge in [0.25, 0.3) is 0 Å². The number of hydrogen-bond acceptors (Lipinski definition) is 1. The summed E-state index contributed by atoms with van der Waals surface area (Å²) in [6.07, 6.45) is 6.44. The van der Waals surface area contributed by atoms with Gasteiger partial charge < -0.3 is 4.79 Å². The molecule has 0 bridgehead atoms. The maximum Gasteiger partial charge on any atom is 0.167 e. The van der Waals surface area contributed by atoms with E-state index in [0.29, 0.717) is 12.3 Å². The summed E-state index contributed by atoms with van der Waals surface area (Å²) in [6, 6.07) is 0. The van der Waals surface area contributed by atoms with Crippen LogP contribution in [0.5, 0.6) is 0 Å². The van der Waals surface area contributed by atoms with E-state index in [2.05, 4.69) is 13.8 Å². The molecule has 12 heavy (non-hydrogen) atoms. The van der Waals surface area contributed by atoms with Crippen molar-refractivity contribution < 1.29 is 4.79 Å². The lowest BCUT2D eigenvalue weighted by atomic mass is 9.88. The van der Waals surface area contributed by atoms with Crippen molar-refractivity contribution in [3.63, 3.8) is 0 Å². The van der Waals surface area contributed by atoms with Crippen LogP contribution >= 0.6 is 0 Å². The fourth-order valence-electron chi connectivity index (χ4n) is 1.60. The molecule has 0 saturated heterocycles. The van der Waals surface area contributed by atoms with Gasteiger partial charge >= 0.3 is 0 Å². The first-order valence-electron chi connectivity index (χ1n) is 4.99. The van der Waals surface area contributed by atoms with Gasteiger partial charge in [-0.3, -0.25) is 0 Å². The summed E-state index contributed by atoms with van der Waals surface area (Å²) >= 11 is 0. The van der Waals surface area contributed by atoms with Crippen LogP contribution in [0, 0.1) is 5.92 Å². The smallest absolute Gasteiger partial charge is 0.167 e. The van der Waals surface area contributed by atoms with Crippen molar-refractivity contribution in [3.05, 3.63) is 0 Å². The molecule has 0 aromatic carbocycles. The van der Waals surface area contributed by atoms with Gasteiger partial charge in [0.15, 0.2) is 7.85 Å². The highest BCUT2D eigenvalue weighted by atomic mass is 16.1. The number of rotatable bonds is 7. The molecule has 2 radical (unpaired) electrons. The van der Waals surface area contributed by atoms with Crippen molar-refractivity contribution in [2.75, 3.05) is 0 Å². The lowest BCUT2D eigenvalue weighted by Gasteiger charge is -2.13. The van der Waals surface area contributed by atoms with E-state index >= 15 is 0 Å². The summed E-state index contributed by atoms with van der Waals surface area (Å²) in [4.78, 5) is 10.5. The van der Waals surface area contributed by atoms with E-state index in [0.717, 1.165) is 6.42 Å². The second-order valence-corrected chi connectivity index (χ2v) is 3.45. The fraction of sp³-hybridized carbons (Fsp3) is 0.900. The summed E-state index contributed by atoms with van der Waals surface area (Å²) in [5.41, 5.74) is -0.160. The van der Waals surface area contributed by atoms with Gasteiger partial charge in [-0.15, -0.1) is 0 Å². The van der Waals surface area contributed by atoms with Crippen molar-refractivity contribution >= 4 is 13.5 Å². The zero-order valence-electron chi connectivity index (χ0n) is 8.31. The molecule has 0 aliphatic rings. The van der Waals surface area contributed by atoms with Gasteiger partial charge in [0.2, 0.25) is 0 Å². The van der Waals surface area contributed by atoms with Crippen molar-refractivity contribution in [2.24, 2.45) is 5.92 Å². The van der Waals surface area contributed by atoms with Crippen LogP contribution in [0.15, 0.2) is 0 Å². The third kappa shape index (κ3) is 6.45. The first-order chi connectivity index (χ1) is 5.70. The Morgan fingerprint density at radius 1 is 1.17 bits per heavy atom. The van der Waals surface area contributed by atoms with Crippen LogP contribution in [0.4, 0.5) is 0 Å². The van der Waals surface area contributed by atoms with Gasteiger partial charge in [-0.2, -0.15) is 0 Å². The van der Waals surface area contributed by atoms with Crippen molar-refractivity contribution in [1.29, 1.82) is 0 Å². The van der Waals surface area contributed by atoms with Crippen molar-refractivity contribution in [3.8, 4) is 0 Å². The molecule has 0 saturated carbocycles. The molecule has 0 spiro atoms. The number of hydrogen-bond donors (Lipinski definition) is 0. The van der Waals surface area contributed by atoms with Crippen molar-refractivity contribution in [1.82, 2.24) is 0 Å². The van der Waals surface area contributed by atoms with Crippen LogP contribution in [0.25, 0.3) is 0 Å². The van der Waals surface area contributed by atoms with Crippen LogP contribution in [-0.2, 0) is 4.79 Å². The Morgan fingerprint density at radius 3 is 2.00 bits per heavy atom. The molecule has 1 nitrogen and oxygen atoms in total. The van der Waals surface area contributed by atoms with Gasteiger partial charge in [-0.25, -0.2) is 0 Å². The first-order valence-corrected chi connectivity index (χ1v) is 4.99. The fourth-order valence-corrected chi connectivity index (χ4v) is 1.60. The highest BCUT2D eigenvalue weighted by Gasteiger charge is 2.06. The molecule has 0 rings (SSSR count). The van der Waals surface area contributed by atoms with Crippen molar-refractivity contribution in [2.45, 2.75) is 52.4 Å². The third-order valence-electron chi connectivity index (χ3n) is 2.19. The van der Waals surface area contributed by atoms with Crippen LogP contribution in [0.3, 0.4) is 0 Å². The summed E-state index contributed by atoms with van der Waals surface area (Å²) in [7, 11) is 5.09. The second kappa shape index (κ2) is 7.39. The van der Waals surface area contributed by atoms with Crippen LogP contribution in [0.1, 0.15) is 52.4 Å². The lowest BCUT2D eigenvalue weighted by Crippen LogP contribution is -2.04. The molecule has 0 aromatic rings. The van der Waals surface area contributed by atoms with E-state index in [9.17, 15) is 4.79 Å². The molecule has 0 heterocycles. The molecular formula is C10H19BO. The summed E-state index contributed by atoms with van der Waals surface area (Å²) in [5.74, 6) is 0.715. The molecular weight excluding hydrogens is 147 g/mol. The molecule has 2 heteroatoms. The average Bonchev–Trinajstić information content (AvgIpc) is 2.01. The Kier molecular flexibility index (Phi) is 7.22. The zero-order valence-corrected chi connectivity index (χ0v) is 8.31. The Balaban J connectivity index is 3.54. The number of carbonyl (C=O) groups excluding carboxylic acids is 1. The van der Waals surface area contributed by atoms with Gasteiger partial charge in [0.1, 0.15) is 0 Å². The molecule has 68 valence electrons. The summed E-state index contributed by atoms with van der Waals surface area (Å²) in [6.45, 7) is 4.37. The van der Waals surface area contributed by atoms with E-state index in [1.165, 1.54) is 25.7 Å². The molecule has 0 aromatic heterocycles. The highest BCUT2D eigenvalue weighted by Crippen LogP contribution is 2.18. The van der Waals surface area contributed by atoms with Gasteiger partial charge in [-0.05, 0) is 18.8 Å². The largest absolute Gasteiger partial charge is 0.313 e. The summed E-state index contributed by atoms with van der Waals surface area (Å²) in [5, 5.41) is 0. The van der Waals surface area contributed by atoms with Crippen LogP contribution < -0.4 is 0 Å². The molecule has 0 aliphatic carbocycles. The van der Waals surface area contributed by atoms with E-state index in [-0.39, 0.29) is 5.68 Å². The molecule has 0 aliphatic heterocycles. The molecule has 0 fully saturated rings. The van der Waals surface area contributed by atoms with Crippen LogP contribution in [0.2, 0.25) is 0 Å². The minimum absolute atomic E-state index is 0.160. The Bertz CT molecular complexity index is 117. The SMILES string of the molecule is [B]C(=O)CCC(CCC)CCC. The Labute approximate surface area is 77.3 Å². The predicted octanol–water partition coefficient (Wildman–Crippen LogP) is 2.68. The van der Waals surface area contributed by atoms with E-state index in [1.54, 1.807) is 0 Å². The predicted molar refractivity (Wildman–Crippen MR) is 53.3 cm³/mol. The van der Waals surface area contributed by atoms with Crippen LogP contribution in [-0.4, -0.2) is 13.5 Å². The summed E-state index contributed by atoms with van der Waals surface area (Å²) < 4.78 is 0. The normalized spacial score (nSPS) is 10.6. The molecule has 0 unspecified atom stereocenters. The standard InChI is InChI=1S/C10H19BO/c1-3-5-9(6-4-2)7-8-10(11)12/h9H,3-8H2,1-2H3. The van der Waals surface area contributed by atoms with E-state index < -0.39 is 0 Å². The quantitative estimate of drug-likeness (QED) is 0.531. The maximum atomic E-state index is 10.5. The topological polar surface area (TPSA) is 17.1 Å². The van der Waals surface area contributed by atoms with Gasteiger partial charge in [0, 0.05) is 0 Å². The lowest BCUT2D eigenvalue weighted by molar-refractivity contribution is -0.112. The van der Waals surface area contributed by atoms with Gasteiger partial charge in [0.05, 0.1) is 5.68 Å². The monoisotopic (exact) mass is 166 g/mol. The highest BCUT2D eigenvalue weighted by molar-refractivity contribution is 6.57. The maximum absolute atomic E-state index is 10.5. The second-order valence-electron chi connectivity index (χ2n) is 3.45. The third-order valence-corrected chi connectivity index (χ3v) is 2.19. The first kappa shape index (κ1) is 11.7.